The van der Waals surface area contributed by atoms with Crippen LogP contribution < -0.4 is 30.4 Å². The van der Waals surface area contributed by atoms with Gasteiger partial charge in [-0.05, 0) is 61.1 Å². The van der Waals surface area contributed by atoms with Crippen LogP contribution in [0, 0.1) is 0 Å². The molecule has 2 rings (SSSR count). The van der Waals surface area contributed by atoms with Crippen molar-refractivity contribution >= 4 is 28.9 Å². The van der Waals surface area contributed by atoms with Gasteiger partial charge < -0.3 is 19.5 Å². The molecule has 7 nitrogen and oxygen atoms in total. The maximum absolute atomic E-state index is 12.1. The fourth-order valence-corrected chi connectivity index (χ4v) is 2.48. The Labute approximate surface area is 164 Å². The van der Waals surface area contributed by atoms with Crippen molar-refractivity contribution in [1.82, 2.24) is 10.9 Å². The molecule has 0 radical (unpaired) electrons. The number of ether oxygens (including phenoxy) is 3. The van der Waals surface area contributed by atoms with E-state index in [0.717, 1.165) is 17.0 Å². The molecule has 0 aliphatic carbocycles. The largest absolute Gasteiger partial charge is 0.494 e. The van der Waals surface area contributed by atoms with E-state index >= 15 is 0 Å². The first-order valence-corrected chi connectivity index (χ1v) is 8.76. The molecule has 0 heterocycles. The van der Waals surface area contributed by atoms with Gasteiger partial charge in [0.25, 0.3) is 0 Å². The standard InChI is InChI=1S/C19H23N3O4S/c1-4-26-15-8-6-14(7-9-15)20-19(27)22-21-18(23)12-13-5-10-16(24-2)17(11-13)25-3/h5-11H,4,12H2,1-3H3,(H,21,23)(H2,20,22,27). The Balaban J connectivity index is 1.81. The first-order chi connectivity index (χ1) is 13.0. The summed E-state index contributed by atoms with van der Waals surface area (Å²) in [4.78, 5) is 12.1. The monoisotopic (exact) mass is 389 g/mol. The van der Waals surface area contributed by atoms with Gasteiger partial charge in [-0.1, -0.05) is 6.07 Å². The number of carbonyl (C=O) groups is 1. The van der Waals surface area contributed by atoms with Crippen LogP contribution in [-0.4, -0.2) is 31.8 Å². The summed E-state index contributed by atoms with van der Waals surface area (Å²) in [7, 11) is 3.11. The number of hydrazine groups is 1. The Hall–Kier alpha value is -3.00. The highest BCUT2D eigenvalue weighted by atomic mass is 32.1. The third kappa shape index (κ3) is 6.34. The molecule has 144 valence electrons. The fraction of sp³-hybridized carbons (Fsp3) is 0.263. The molecule has 0 saturated carbocycles. The third-order valence-corrected chi connectivity index (χ3v) is 3.76. The van der Waals surface area contributed by atoms with Gasteiger partial charge in [0, 0.05) is 5.69 Å². The number of benzene rings is 2. The smallest absolute Gasteiger partial charge is 0.242 e. The SMILES string of the molecule is CCOc1ccc(NC(=S)NNC(=O)Cc2ccc(OC)c(OC)c2)cc1. The zero-order valence-electron chi connectivity index (χ0n) is 15.5. The lowest BCUT2D eigenvalue weighted by molar-refractivity contribution is -0.120. The number of nitrogens with one attached hydrogen (secondary N) is 3. The first-order valence-electron chi connectivity index (χ1n) is 8.35. The van der Waals surface area contributed by atoms with Crippen molar-refractivity contribution in [2.45, 2.75) is 13.3 Å². The van der Waals surface area contributed by atoms with Crippen LogP contribution in [0.1, 0.15) is 12.5 Å². The van der Waals surface area contributed by atoms with E-state index in [1.54, 1.807) is 32.4 Å². The summed E-state index contributed by atoms with van der Waals surface area (Å²) in [5, 5.41) is 3.25. The zero-order valence-corrected chi connectivity index (χ0v) is 16.3. The van der Waals surface area contributed by atoms with E-state index in [9.17, 15) is 4.79 Å². The van der Waals surface area contributed by atoms with Crippen molar-refractivity contribution in [1.29, 1.82) is 0 Å². The second kappa shape index (κ2) is 10.2. The number of rotatable bonds is 7. The zero-order chi connectivity index (χ0) is 19.6. The lowest BCUT2D eigenvalue weighted by atomic mass is 10.1. The van der Waals surface area contributed by atoms with Gasteiger partial charge in [0.1, 0.15) is 5.75 Å². The van der Waals surface area contributed by atoms with Crippen LogP contribution in [0.3, 0.4) is 0 Å². The van der Waals surface area contributed by atoms with Crippen LogP contribution >= 0.6 is 12.2 Å². The normalized spacial score (nSPS) is 9.89. The van der Waals surface area contributed by atoms with Gasteiger partial charge in [-0.25, -0.2) is 0 Å². The molecular weight excluding hydrogens is 366 g/mol. The Morgan fingerprint density at radius 1 is 1.00 bits per heavy atom. The molecule has 0 atom stereocenters. The molecule has 0 aliphatic heterocycles. The molecule has 0 unspecified atom stereocenters. The summed E-state index contributed by atoms with van der Waals surface area (Å²) >= 11 is 5.17. The van der Waals surface area contributed by atoms with Crippen LogP contribution in [0.25, 0.3) is 0 Å². The summed E-state index contributed by atoms with van der Waals surface area (Å²) in [5.74, 6) is 1.73. The van der Waals surface area contributed by atoms with Gasteiger partial charge in [-0.15, -0.1) is 0 Å². The number of carbonyl (C=O) groups excluding carboxylic acids is 1. The van der Waals surface area contributed by atoms with Crippen molar-refractivity contribution in [2.75, 3.05) is 26.1 Å². The van der Waals surface area contributed by atoms with Crippen molar-refractivity contribution < 1.29 is 19.0 Å². The molecular formula is C19H23N3O4S. The number of anilines is 1. The van der Waals surface area contributed by atoms with Gasteiger partial charge >= 0.3 is 0 Å². The minimum absolute atomic E-state index is 0.166. The summed E-state index contributed by atoms with van der Waals surface area (Å²) in [5.41, 5.74) is 6.81. The Bertz CT molecular complexity index is 781. The lowest BCUT2D eigenvalue weighted by Crippen LogP contribution is -2.44. The fourth-order valence-electron chi connectivity index (χ4n) is 2.31. The quantitative estimate of drug-likeness (QED) is 0.496. The topological polar surface area (TPSA) is 80.9 Å². The van der Waals surface area contributed by atoms with Gasteiger partial charge in [0.05, 0.1) is 27.2 Å². The number of methoxy groups -OCH3 is 2. The predicted molar refractivity (Wildman–Crippen MR) is 108 cm³/mol. The molecule has 27 heavy (non-hydrogen) atoms. The predicted octanol–water partition coefficient (Wildman–Crippen LogP) is 2.66. The Morgan fingerprint density at radius 2 is 1.70 bits per heavy atom. The lowest BCUT2D eigenvalue weighted by Gasteiger charge is -2.13. The van der Waals surface area contributed by atoms with Gasteiger partial charge in [0.15, 0.2) is 16.6 Å². The molecule has 0 spiro atoms. The highest BCUT2D eigenvalue weighted by Gasteiger charge is 2.09. The molecule has 2 aromatic carbocycles. The maximum Gasteiger partial charge on any atom is 0.242 e. The van der Waals surface area contributed by atoms with Crippen molar-refractivity contribution in [3.8, 4) is 17.2 Å². The van der Waals surface area contributed by atoms with Crippen LogP contribution in [0.15, 0.2) is 42.5 Å². The summed E-state index contributed by atoms with van der Waals surface area (Å²) < 4.78 is 15.8. The second-order valence-electron chi connectivity index (χ2n) is 5.45. The molecule has 0 bridgehead atoms. The molecule has 0 aliphatic rings. The molecule has 1 amide bonds. The minimum Gasteiger partial charge on any atom is -0.494 e. The molecule has 0 saturated heterocycles. The number of thiocarbonyl (C=S) groups is 1. The van der Waals surface area contributed by atoms with Gasteiger partial charge in [-0.2, -0.15) is 0 Å². The van der Waals surface area contributed by atoms with E-state index < -0.39 is 0 Å². The van der Waals surface area contributed by atoms with Crippen LogP contribution in [-0.2, 0) is 11.2 Å². The molecule has 8 heteroatoms. The second-order valence-corrected chi connectivity index (χ2v) is 5.86. The van der Waals surface area contributed by atoms with Crippen molar-refractivity contribution in [3.63, 3.8) is 0 Å². The average molecular weight is 389 g/mol. The van der Waals surface area contributed by atoms with E-state index in [4.69, 9.17) is 26.4 Å². The van der Waals surface area contributed by atoms with E-state index in [2.05, 4.69) is 16.2 Å². The highest BCUT2D eigenvalue weighted by molar-refractivity contribution is 7.80. The van der Waals surface area contributed by atoms with E-state index in [0.29, 0.717) is 18.1 Å². The van der Waals surface area contributed by atoms with E-state index in [1.165, 1.54) is 0 Å². The van der Waals surface area contributed by atoms with Crippen LogP contribution in [0.5, 0.6) is 17.2 Å². The van der Waals surface area contributed by atoms with Crippen molar-refractivity contribution in [3.05, 3.63) is 48.0 Å². The van der Waals surface area contributed by atoms with Crippen LogP contribution in [0.4, 0.5) is 5.69 Å². The number of hydrogen-bond acceptors (Lipinski definition) is 5. The van der Waals surface area contributed by atoms with E-state index in [1.807, 2.05) is 31.2 Å². The summed E-state index contributed by atoms with van der Waals surface area (Å²) in [6.45, 7) is 2.54. The molecule has 0 fully saturated rings. The summed E-state index contributed by atoms with van der Waals surface area (Å²) in [6.07, 6.45) is 0.166. The van der Waals surface area contributed by atoms with Gasteiger partial charge in [0.2, 0.25) is 5.91 Å². The first kappa shape index (κ1) is 20.3. The van der Waals surface area contributed by atoms with Crippen molar-refractivity contribution in [2.24, 2.45) is 0 Å². The molecule has 0 aromatic heterocycles. The molecule has 2 aromatic rings. The number of amides is 1. The minimum atomic E-state index is -0.238. The Kier molecular flexibility index (Phi) is 7.69. The maximum atomic E-state index is 12.1. The number of hydrogen-bond donors (Lipinski definition) is 3. The van der Waals surface area contributed by atoms with E-state index in [-0.39, 0.29) is 17.4 Å². The van der Waals surface area contributed by atoms with Gasteiger partial charge in [-0.3, -0.25) is 15.6 Å². The average Bonchev–Trinajstić information content (AvgIpc) is 2.68. The molecule has 3 N–H and O–H groups in total. The summed E-state index contributed by atoms with van der Waals surface area (Å²) in [6, 6.07) is 12.7. The third-order valence-electron chi connectivity index (χ3n) is 3.55. The highest BCUT2D eigenvalue weighted by Crippen LogP contribution is 2.27. The van der Waals surface area contributed by atoms with Crippen LogP contribution in [0.2, 0.25) is 0 Å². The Morgan fingerprint density at radius 3 is 2.33 bits per heavy atom.